The van der Waals surface area contributed by atoms with Crippen LogP contribution in [0.25, 0.3) is 10.1 Å². The average molecular weight is 291 g/mol. The lowest BCUT2D eigenvalue weighted by Crippen LogP contribution is -2.44. The molecule has 1 aromatic carbocycles. The molecule has 2 aromatic rings. The predicted molar refractivity (Wildman–Crippen MR) is 88.6 cm³/mol. The van der Waals surface area contributed by atoms with Crippen molar-refractivity contribution in [2.45, 2.75) is 45.3 Å². The molecular formula is C17H25NOS. The molecule has 110 valence electrons. The molecule has 1 heterocycles. The first-order valence-electron chi connectivity index (χ1n) is 7.49. The van der Waals surface area contributed by atoms with Gasteiger partial charge in [0.15, 0.2) is 0 Å². The monoisotopic (exact) mass is 291 g/mol. The van der Waals surface area contributed by atoms with Crippen LogP contribution in [0.1, 0.15) is 45.2 Å². The third-order valence-electron chi connectivity index (χ3n) is 4.26. The molecule has 1 atom stereocenters. The maximum absolute atomic E-state index is 6.20. The highest BCUT2D eigenvalue weighted by atomic mass is 32.1. The minimum atomic E-state index is -0.137. The van der Waals surface area contributed by atoms with E-state index in [0.29, 0.717) is 0 Å². The van der Waals surface area contributed by atoms with E-state index in [1.165, 1.54) is 15.6 Å². The van der Waals surface area contributed by atoms with Gasteiger partial charge in [0.2, 0.25) is 0 Å². The minimum absolute atomic E-state index is 0.137. The van der Waals surface area contributed by atoms with Gasteiger partial charge in [-0.05, 0) is 49.2 Å². The van der Waals surface area contributed by atoms with Crippen LogP contribution >= 0.6 is 11.3 Å². The van der Waals surface area contributed by atoms with Crippen molar-refractivity contribution in [2.24, 2.45) is 0 Å². The third kappa shape index (κ3) is 2.62. The molecule has 0 radical (unpaired) electrons. The number of fused-ring (bicyclic) bond motifs is 1. The molecule has 0 amide bonds. The van der Waals surface area contributed by atoms with Gasteiger partial charge in [-0.25, -0.2) is 0 Å². The number of likely N-dealkylation sites (N-methyl/N-ethyl adjacent to an activating group) is 1. The highest BCUT2D eigenvalue weighted by Crippen LogP contribution is 2.39. The molecule has 1 unspecified atom stereocenters. The van der Waals surface area contributed by atoms with Crippen molar-refractivity contribution >= 4 is 21.4 Å². The Morgan fingerprint density at radius 2 is 1.95 bits per heavy atom. The van der Waals surface area contributed by atoms with Gasteiger partial charge in [-0.3, -0.25) is 0 Å². The number of ether oxygens (including phenoxy) is 1. The second kappa shape index (κ2) is 6.70. The molecule has 0 aliphatic rings. The highest BCUT2D eigenvalue weighted by molar-refractivity contribution is 7.17. The first kappa shape index (κ1) is 15.5. The second-order valence-corrected chi connectivity index (χ2v) is 6.03. The lowest BCUT2D eigenvalue weighted by Gasteiger charge is -2.39. The SMILES string of the molecule is CCOC(CC)(CC)C(NC)c1cccc2ccsc12. The molecule has 1 N–H and O–H groups in total. The van der Waals surface area contributed by atoms with Gasteiger partial charge in [-0.1, -0.05) is 32.0 Å². The van der Waals surface area contributed by atoms with Crippen LogP contribution in [-0.2, 0) is 4.74 Å². The topological polar surface area (TPSA) is 21.3 Å². The first-order valence-corrected chi connectivity index (χ1v) is 8.37. The van der Waals surface area contributed by atoms with Gasteiger partial charge >= 0.3 is 0 Å². The minimum Gasteiger partial charge on any atom is -0.373 e. The van der Waals surface area contributed by atoms with E-state index in [0.717, 1.165) is 19.4 Å². The Morgan fingerprint density at radius 1 is 1.20 bits per heavy atom. The van der Waals surface area contributed by atoms with Crippen LogP contribution in [0.4, 0.5) is 0 Å². The molecule has 1 aromatic heterocycles. The summed E-state index contributed by atoms with van der Waals surface area (Å²) < 4.78 is 7.58. The largest absolute Gasteiger partial charge is 0.373 e. The summed E-state index contributed by atoms with van der Waals surface area (Å²) in [6, 6.07) is 8.98. The van der Waals surface area contributed by atoms with Crippen LogP contribution in [0.2, 0.25) is 0 Å². The van der Waals surface area contributed by atoms with Crippen molar-refractivity contribution in [3.05, 3.63) is 35.2 Å². The molecule has 2 rings (SSSR count). The lowest BCUT2D eigenvalue weighted by molar-refractivity contribution is -0.0714. The number of nitrogens with one attached hydrogen (secondary N) is 1. The Hall–Kier alpha value is -0.900. The van der Waals surface area contributed by atoms with Gasteiger partial charge in [0.1, 0.15) is 0 Å². The Kier molecular flexibility index (Phi) is 5.19. The fraction of sp³-hybridized carbons (Fsp3) is 0.529. The van der Waals surface area contributed by atoms with E-state index < -0.39 is 0 Å². The molecular weight excluding hydrogens is 266 g/mol. The molecule has 2 nitrogen and oxygen atoms in total. The van der Waals surface area contributed by atoms with Gasteiger partial charge < -0.3 is 10.1 Å². The molecule has 20 heavy (non-hydrogen) atoms. The van der Waals surface area contributed by atoms with E-state index in [-0.39, 0.29) is 11.6 Å². The Balaban J connectivity index is 2.52. The van der Waals surface area contributed by atoms with Crippen LogP contribution in [0.15, 0.2) is 29.6 Å². The van der Waals surface area contributed by atoms with Crippen LogP contribution in [0.3, 0.4) is 0 Å². The number of hydrogen-bond donors (Lipinski definition) is 1. The van der Waals surface area contributed by atoms with Gasteiger partial charge in [0.05, 0.1) is 11.6 Å². The maximum atomic E-state index is 6.20. The summed E-state index contributed by atoms with van der Waals surface area (Å²) in [6.45, 7) is 7.27. The van der Waals surface area contributed by atoms with E-state index in [9.17, 15) is 0 Å². The predicted octanol–water partition coefficient (Wildman–Crippen LogP) is 4.76. The van der Waals surface area contributed by atoms with Crippen molar-refractivity contribution in [3.8, 4) is 0 Å². The average Bonchev–Trinajstić information content (AvgIpc) is 2.96. The molecule has 0 saturated heterocycles. The normalized spacial score (nSPS) is 13.8. The van der Waals surface area contributed by atoms with Crippen molar-refractivity contribution in [1.82, 2.24) is 5.32 Å². The van der Waals surface area contributed by atoms with Crippen molar-refractivity contribution in [1.29, 1.82) is 0 Å². The van der Waals surface area contributed by atoms with Gasteiger partial charge in [0, 0.05) is 11.3 Å². The smallest absolute Gasteiger partial charge is 0.0871 e. The zero-order valence-corrected chi connectivity index (χ0v) is 13.7. The number of thiophene rings is 1. The summed E-state index contributed by atoms with van der Waals surface area (Å²) in [5.74, 6) is 0. The van der Waals surface area contributed by atoms with E-state index in [4.69, 9.17) is 4.74 Å². The Labute approximate surface area is 126 Å². The summed E-state index contributed by atoms with van der Waals surface area (Å²) in [4.78, 5) is 0. The fourth-order valence-corrected chi connectivity index (χ4v) is 4.12. The van der Waals surface area contributed by atoms with E-state index in [1.54, 1.807) is 0 Å². The van der Waals surface area contributed by atoms with Crippen LogP contribution < -0.4 is 5.32 Å². The molecule has 0 aliphatic carbocycles. The number of benzene rings is 1. The van der Waals surface area contributed by atoms with Crippen LogP contribution in [0.5, 0.6) is 0 Å². The van der Waals surface area contributed by atoms with Crippen LogP contribution in [0, 0.1) is 0 Å². The maximum Gasteiger partial charge on any atom is 0.0871 e. The third-order valence-corrected chi connectivity index (χ3v) is 5.24. The van der Waals surface area contributed by atoms with Crippen molar-refractivity contribution in [2.75, 3.05) is 13.7 Å². The molecule has 0 saturated carbocycles. The van der Waals surface area contributed by atoms with Crippen LogP contribution in [-0.4, -0.2) is 19.3 Å². The molecule has 3 heteroatoms. The highest BCUT2D eigenvalue weighted by Gasteiger charge is 2.37. The van der Waals surface area contributed by atoms with Crippen molar-refractivity contribution < 1.29 is 4.74 Å². The molecule has 0 aliphatic heterocycles. The Bertz CT molecular complexity index is 545. The zero-order valence-electron chi connectivity index (χ0n) is 12.9. The first-order chi connectivity index (χ1) is 9.72. The molecule has 0 bridgehead atoms. The van der Waals surface area contributed by atoms with Gasteiger partial charge in [0.25, 0.3) is 0 Å². The number of hydrogen-bond acceptors (Lipinski definition) is 3. The number of rotatable bonds is 7. The van der Waals surface area contributed by atoms with E-state index >= 15 is 0 Å². The summed E-state index contributed by atoms with van der Waals surface area (Å²) in [7, 11) is 2.04. The summed E-state index contributed by atoms with van der Waals surface area (Å²) in [6.07, 6.45) is 2.01. The summed E-state index contributed by atoms with van der Waals surface area (Å²) in [5.41, 5.74) is 1.22. The molecule has 0 fully saturated rings. The summed E-state index contributed by atoms with van der Waals surface area (Å²) in [5, 5.41) is 7.00. The summed E-state index contributed by atoms with van der Waals surface area (Å²) >= 11 is 1.82. The standard InChI is InChI=1S/C17H25NOS/c1-5-17(6-2,19-7-3)16(18-4)14-10-8-9-13-11-12-20-15(13)14/h8-12,16,18H,5-7H2,1-4H3. The zero-order chi connectivity index (χ0) is 14.6. The quantitative estimate of drug-likeness (QED) is 0.794. The van der Waals surface area contributed by atoms with E-state index in [1.807, 2.05) is 18.4 Å². The van der Waals surface area contributed by atoms with Gasteiger partial charge in [-0.2, -0.15) is 0 Å². The van der Waals surface area contributed by atoms with E-state index in [2.05, 4.69) is 55.7 Å². The fourth-order valence-electron chi connectivity index (χ4n) is 3.18. The molecule has 0 spiro atoms. The lowest BCUT2D eigenvalue weighted by atomic mass is 9.83. The Morgan fingerprint density at radius 3 is 2.55 bits per heavy atom. The van der Waals surface area contributed by atoms with Gasteiger partial charge in [-0.15, -0.1) is 11.3 Å². The second-order valence-electron chi connectivity index (χ2n) is 5.11. The van der Waals surface area contributed by atoms with Crippen molar-refractivity contribution in [3.63, 3.8) is 0 Å².